The fraction of sp³-hybridized carbons (Fsp3) is 0.278. The van der Waals surface area contributed by atoms with Gasteiger partial charge in [0, 0.05) is 17.8 Å². The van der Waals surface area contributed by atoms with Gasteiger partial charge in [0.05, 0.1) is 0 Å². The number of halogens is 1. The Hall–Kier alpha value is -2.00. The number of hydrogen-bond acceptors (Lipinski definition) is 2. The summed E-state index contributed by atoms with van der Waals surface area (Å²) in [6.07, 6.45) is 0.829. The largest absolute Gasteiger partial charge is 0.399 e. The third kappa shape index (κ3) is 4.78. The Morgan fingerprint density at radius 1 is 1.05 bits per heavy atom. The lowest BCUT2D eigenvalue weighted by molar-refractivity contribution is 0.0953. The van der Waals surface area contributed by atoms with Crippen LogP contribution in [0.1, 0.15) is 32.6 Å². The van der Waals surface area contributed by atoms with Gasteiger partial charge in [-0.05, 0) is 50.5 Å². The summed E-state index contributed by atoms with van der Waals surface area (Å²) in [4.78, 5) is 12.2. The van der Waals surface area contributed by atoms with Crippen LogP contribution in [-0.4, -0.2) is 12.5 Å². The molecule has 0 bridgehead atoms. The van der Waals surface area contributed by atoms with E-state index >= 15 is 0 Å². The lowest BCUT2D eigenvalue weighted by atomic mass is 10.0. The zero-order valence-corrected chi connectivity index (χ0v) is 14.1. The number of nitrogens with one attached hydrogen (secondary N) is 1. The van der Waals surface area contributed by atoms with Gasteiger partial charge in [-0.25, -0.2) is 0 Å². The number of amides is 1. The number of hydrogen-bond donors (Lipinski definition) is 2. The number of carbonyl (C=O) groups excluding carboxylic acids is 1. The first-order valence-corrected chi connectivity index (χ1v) is 7.17. The van der Waals surface area contributed by atoms with E-state index in [1.807, 2.05) is 19.1 Å². The number of carbonyl (C=O) groups is 1. The number of rotatable bonds is 4. The van der Waals surface area contributed by atoms with E-state index in [4.69, 9.17) is 5.73 Å². The standard InChI is InChI=1S/C18H22N2O.ClH/c1-12-8-13(2)10-15(9-12)6-7-20-18(21)17-11-16(19)5-4-14(17)3;/h4-5,8-11H,6-7,19H2,1-3H3,(H,20,21);1H. The highest BCUT2D eigenvalue weighted by Gasteiger charge is 2.08. The molecule has 2 rings (SSSR count). The summed E-state index contributed by atoms with van der Waals surface area (Å²) in [5, 5.41) is 2.96. The minimum absolute atomic E-state index is 0. The van der Waals surface area contributed by atoms with Crippen molar-refractivity contribution in [1.82, 2.24) is 5.32 Å². The molecule has 22 heavy (non-hydrogen) atoms. The molecule has 2 aromatic rings. The molecular weight excluding hydrogens is 296 g/mol. The van der Waals surface area contributed by atoms with Crippen LogP contribution in [0.15, 0.2) is 36.4 Å². The summed E-state index contributed by atoms with van der Waals surface area (Å²) in [6.45, 7) is 6.71. The van der Waals surface area contributed by atoms with Crippen molar-refractivity contribution in [2.45, 2.75) is 27.2 Å². The molecule has 0 fully saturated rings. The average molecular weight is 319 g/mol. The number of anilines is 1. The van der Waals surface area contributed by atoms with Crippen LogP contribution < -0.4 is 11.1 Å². The first-order valence-electron chi connectivity index (χ1n) is 7.17. The molecule has 3 nitrogen and oxygen atoms in total. The topological polar surface area (TPSA) is 55.1 Å². The lowest BCUT2D eigenvalue weighted by Crippen LogP contribution is -2.26. The van der Waals surface area contributed by atoms with Crippen LogP contribution in [0.4, 0.5) is 5.69 Å². The monoisotopic (exact) mass is 318 g/mol. The van der Waals surface area contributed by atoms with Gasteiger partial charge in [-0.3, -0.25) is 4.79 Å². The van der Waals surface area contributed by atoms with E-state index in [9.17, 15) is 4.79 Å². The quantitative estimate of drug-likeness (QED) is 0.846. The van der Waals surface area contributed by atoms with Crippen molar-refractivity contribution in [3.63, 3.8) is 0 Å². The van der Waals surface area contributed by atoms with E-state index in [1.165, 1.54) is 16.7 Å². The molecule has 0 radical (unpaired) electrons. The second-order valence-corrected chi connectivity index (χ2v) is 5.58. The van der Waals surface area contributed by atoms with E-state index in [1.54, 1.807) is 6.07 Å². The number of aryl methyl sites for hydroxylation is 3. The zero-order valence-electron chi connectivity index (χ0n) is 13.3. The molecule has 0 saturated heterocycles. The van der Waals surface area contributed by atoms with Crippen LogP contribution in [0.5, 0.6) is 0 Å². The molecule has 0 saturated carbocycles. The summed E-state index contributed by atoms with van der Waals surface area (Å²) in [5.74, 6) is -0.0656. The first-order chi connectivity index (χ1) is 9.95. The Morgan fingerprint density at radius 3 is 2.32 bits per heavy atom. The number of benzene rings is 2. The molecule has 0 aliphatic rings. The lowest BCUT2D eigenvalue weighted by Gasteiger charge is -2.09. The van der Waals surface area contributed by atoms with Crippen molar-refractivity contribution >= 4 is 24.0 Å². The maximum atomic E-state index is 12.2. The fourth-order valence-electron chi connectivity index (χ4n) is 2.51. The van der Waals surface area contributed by atoms with Crippen LogP contribution in [-0.2, 0) is 6.42 Å². The van der Waals surface area contributed by atoms with Crippen molar-refractivity contribution in [3.8, 4) is 0 Å². The third-order valence-corrected chi connectivity index (χ3v) is 3.49. The summed E-state index contributed by atoms with van der Waals surface area (Å²) in [7, 11) is 0. The highest BCUT2D eigenvalue weighted by molar-refractivity contribution is 5.96. The molecule has 0 spiro atoms. The Labute approximate surface area is 138 Å². The zero-order chi connectivity index (χ0) is 15.4. The van der Waals surface area contributed by atoms with Gasteiger partial charge in [0.15, 0.2) is 0 Å². The van der Waals surface area contributed by atoms with Gasteiger partial charge in [0.2, 0.25) is 0 Å². The second kappa shape index (κ2) is 7.85. The van der Waals surface area contributed by atoms with Crippen LogP contribution in [0, 0.1) is 20.8 Å². The minimum Gasteiger partial charge on any atom is -0.399 e. The molecule has 0 heterocycles. The van der Waals surface area contributed by atoms with Crippen LogP contribution in [0.2, 0.25) is 0 Å². The highest BCUT2D eigenvalue weighted by Crippen LogP contribution is 2.13. The molecular formula is C18H23ClN2O. The van der Waals surface area contributed by atoms with Gasteiger partial charge >= 0.3 is 0 Å². The molecule has 118 valence electrons. The molecule has 0 atom stereocenters. The van der Waals surface area contributed by atoms with E-state index in [2.05, 4.69) is 37.4 Å². The van der Waals surface area contributed by atoms with Crippen molar-refractivity contribution in [2.24, 2.45) is 0 Å². The van der Waals surface area contributed by atoms with Gasteiger partial charge < -0.3 is 11.1 Å². The van der Waals surface area contributed by atoms with E-state index < -0.39 is 0 Å². The number of nitrogen functional groups attached to an aromatic ring is 1. The van der Waals surface area contributed by atoms with Gasteiger partial charge in [-0.1, -0.05) is 35.4 Å². The molecule has 0 aliphatic carbocycles. The van der Waals surface area contributed by atoms with Crippen LogP contribution in [0.25, 0.3) is 0 Å². The summed E-state index contributed by atoms with van der Waals surface area (Å²) in [6, 6.07) is 11.9. The average Bonchev–Trinajstić information content (AvgIpc) is 2.40. The van der Waals surface area contributed by atoms with Crippen LogP contribution in [0.3, 0.4) is 0 Å². The normalized spacial score (nSPS) is 9.95. The van der Waals surface area contributed by atoms with Crippen molar-refractivity contribution in [3.05, 3.63) is 64.2 Å². The predicted molar refractivity (Wildman–Crippen MR) is 94.8 cm³/mol. The third-order valence-electron chi connectivity index (χ3n) is 3.49. The van der Waals surface area contributed by atoms with Gasteiger partial charge in [-0.2, -0.15) is 0 Å². The molecule has 2 aromatic carbocycles. The van der Waals surface area contributed by atoms with E-state index in [-0.39, 0.29) is 18.3 Å². The maximum absolute atomic E-state index is 12.2. The van der Waals surface area contributed by atoms with Gasteiger partial charge in [0.1, 0.15) is 0 Å². The Bertz CT molecular complexity index is 648. The Balaban J connectivity index is 0.00000242. The van der Waals surface area contributed by atoms with Gasteiger partial charge in [-0.15, -0.1) is 12.4 Å². The fourth-order valence-corrected chi connectivity index (χ4v) is 2.51. The molecule has 0 aromatic heterocycles. The smallest absolute Gasteiger partial charge is 0.251 e. The first kappa shape index (κ1) is 18.1. The highest BCUT2D eigenvalue weighted by atomic mass is 35.5. The summed E-state index contributed by atoms with van der Waals surface area (Å²) in [5.41, 5.74) is 11.7. The SMILES string of the molecule is Cc1cc(C)cc(CCNC(=O)c2cc(N)ccc2C)c1.Cl. The van der Waals surface area contributed by atoms with Crippen molar-refractivity contribution < 1.29 is 4.79 Å². The molecule has 0 unspecified atom stereocenters. The molecule has 0 aliphatic heterocycles. The minimum atomic E-state index is -0.0656. The predicted octanol–water partition coefficient (Wildman–Crippen LogP) is 3.59. The molecule has 1 amide bonds. The second-order valence-electron chi connectivity index (χ2n) is 5.58. The summed E-state index contributed by atoms with van der Waals surface area (Å²) >= 11 is 0. The van der Waals surface area contributed by atoms with Gasteiger partial charge in [0.25, 0.3) is 5.91 Å². The Morgan fingerprint density at radius 2 is 1.68 bits per heavy atom. The van der Waals surface area contributed by atoms with Crippen molar-refractivity contribution in [2.75, 3.05) is 12.3 Å². The molecule has 4 heteroatoms. The number of nitrogens with two attached hydrogens (primary N) is 1. The van der Waals surface area contributed by atoms with Crippen molar-refractivity contribution in [1.29, 1.82) is 0 Å². The van der Waals surface area contributed by atoms with E-state index in [0.717, 1.165) is 12.0 Å². The Kier molecular flexibility index (Phi) is 6.44. The maximum Gasteiger partial charge on any atom is 0.251 e. The summed E-state index contributed by atoms with van der Waals surface area (Å²) < 4.78 is 0. The van der Waals surface area contributed by atoms with E-state index in [0.29, 0.717) is 17.8 Å². The molecule has 3 N–H and O–H groups in total. The van der Waals surface area contributed by atoms with Crippen LogP contribution >= 0.6 is 12.4 Å².